The Morgan fingerprint density at radius 3 is 3.00 bits per heavy atom. The van der Waals surface area contributed by atoms with E-state index in [0.29, 0.717) is 17.2 Å². The lowest BCUT2D eigenvalue weighted by Gasteiger charge is -2.40. The van der Waals surface area contributed by atoms with Crippen molar-refractivity contribution >= 4 is 17.4 Å². The Bertz CT molecular complexity index is 422. The van der Waals surface area contributed by atoms with Gasteiger partial charge in [-0.25, -0.2) is 0 Å². The molecule has 1 aromatic rings. The Morgan fingerprint density at radius 2 is 2.25 bits per heavy atom. The zero-order valence-corrected chi connectivity index (χ0v) is 13.9. The Kier molecular flexibility index (Phi) is 5.73. The predicted octanol–water partition coefficient (Wildman–Crippen LogP) is 3.16. The van der Waals surface area contributed by atoms with E-state index in [0.717, 1.165) is 19.6 Å². The number of thioether (sulfide) groups is 1. The maximum atomic E-state index is 4.31. The van der Waals surface area contributed by atoms with Crippen molar-refractivity contribution in [2.75, 3.05) is 23.7 Å². The molecule has 2 heterocycles. The number of nitrogens with one attached hydrogen (secondary N) is 1. The van der Waals surface area contributed by atoms with Crippen LogP contribution >= 0.6 is 11.8 Å². The molecule has 1 aliphatic heterocycles. The topological polar surface area (TPSA) is 28.2 Å². The van der Waals surface area contributed by atoms with Crippen molar-refractivity contribution in [3.05, 3.63) is 24.0 Å². The molecular formula is C16H27N3S. The van der Waals surface area contributed by atoms with Crippen molar-refractivity contribution in [3.8, 4) is 0 Å². The fourth-order valence-corrected chi connectivity index (χ4v) is 3.70. The van der Waals surface area contributed by atoms with Crippen LogP contribution in [-0.4, -0.2) is 35.1 Å². The molecule has 0 spiro atoms. The monoisotopic (exact) mass is 293 g/mol. The highest BCUT2D eigenvalue weighted by molar-refractivity contribution is 8.00. The number of hydrogen-bond acceptors (Lipinski definition) is 4. The van der Waals surface area contributed by atoms with Crippen LogP contribution in [0, 0.1) is 5.92 Å². The maximum Gasteiger partial charge on any atom is 0.0445 e. The van der Waals surface area contributed by atoms with Crippen LogP contribution in [0.1, 0.15) is 33.3 Å². The highest BCUT2D eigenvalue weighted by Crippen LogP contribution is 2.30. The Balaban J connectivity index is 2.10. The van der Waals surface area contributed by atoms with Crippen LogP contribution in [0.4, 0.5) is 5.69 Å². The first kappa shape index (κ1) is 15.6. The summed E-state index contributed by atoms with van der Waals surface area (Å²) in [5.74, 6) is 1.90. The van der Waals surface area contributed by atoms with Gasteiger partial charge >= 0.3 is 0 Å². The summed E-state index contributed by atoms with van der Waals surface area (Å²) < 4.78 is 0. The van der Waals surface area contributed by atoms with Gasteiger partial charge in [-0.3, -0.25) is 4.98 Å². The number of anilines is 1. The van der Waals surface area contributed by atoms with Gasteiger partial charge in [0.25, 0.3) is 0 Å². The molecule has 0 saturated carbocycles. The second-order valence-corrected chi connectivity index (χ2v) is 7.52. The lowest BCUT2D eigenvalue weighted by Crippen LogP contribution is -2.45. The van der Waals surface area contributed by atoms with Crippen LogP contribution in [0.25, 0.3) is 0 Å². The average Bonchev–Trinajstić information content (AvgIpc) is 2.42. The smallest absolute Gasteiger partial charge is 0.0445 e. The molecular weight excluding hydrogens is 266 g/mol. The Morgan fingerprint density at radius 1 is 1.45 bits per heavy atom. The van der Waals surface area contributed by atoms with Gasteiger partial charge in [-0.2, -0.15) is 11.8 Å². The zero-order chi connectivity index (χ0) is 14.5. The highest BCUT2D eigenvalue weighted by Gasteiger charge is 2.26. The van der Waals surface area contributed by atoms with Crippen molar-refractivity contribution in [2.45, 2.75) is 45.5 Å². The highest BCUT2D eigenvalue weighted by atomic mass is 32.2. The van der Waals surface area contributed by atoms with Crippen LogP contribution in [0.15, 0.2) is 18.5 Å². The third kappa shape index (κ3) is 3.89. The van der Waals surface area contributed by atoms with Crippen molar-refractivity contribution in [1.82, 2.24) is 10.3 Å². The first-order valence-electron chi connectivity index (χ1n) is 7.61. The normalized spacial score (nSPS) is 23.4. The van der Waals surface area contributed by atoms with Gasteiger partial charge < -0.3 is 10.2 Å². The quantitative estimate of drug-likeness (QED) is 0.902. The summed E-state index contributed by atoms with van der Waals surface area (Å²) in [7, 11) is 0. The van der Waals surface area contributed by atoms with E-state index in [2.05, 4.69) is 60.7 Å². The summed E-state index contributed by atoms with van der Waals surface area (Å²) in [6.07, 6.45) is 3.93. The molecule has 4 heteroatoms. The van der Waals surface area contributed by atoms with Gasteiger partial charge in [0.2, 0.25) is 0 Å². The van der Waals surface area contributed by atoms with E-state index in [1.807, 2.05) is 12.4 Å². The third-order valence-electron chi connectivity index (χ3n) is 3.94. The predicted molar refractivity (Wildman–Crippen MR) is 89.5 cm³/mol. The van der Waals surface area contributed by atoms with Crippen LogP contribution in [-0.2, 0) is 6.54 Å². The molecule has 0 bridgehead atoms. The lowest BCUT2D eigenvalue weighted by atomic mass is 10.1. The minimum Gasteiger partial charge on any atom is -0.367 e. The zero-order valence-electron chi connectivity index (χ0n) is 13.1. The average molecular weight is 293 g/mol. The molecule has 1 N–H and O–H groups in total. The van der Waals surface area contributed by atoms with Crippen LogP contribution in [0.5, 0.6) is 0 Å². The van der Waals surface area contributed by atoms with E-state index in [1.165, 1.54) is 17.0 Å². The molecule has 112 valence electrons. The largest absolute Gasteiger partial charge is 0.367 e. The molecule has 0 amide bonds. The van der Waals surface area contributed by atoms with Crippen molar-refractivity contribution in [1.29, 1.82) is 0 Å². The summed E-state index contributed by atoms with van der Waals surface area (Å²) in [6, 6.07) is 2.76. The van der Waals surface area contributed by atoms with Gasteiger partial charge in [0.1, 0.15) is 0 Å². The molecule has 2 rings (SSSR count). The van der Waals surface area contributed by atoms with Gasteiger partial charge in [0.15, 0.2) is 0 Å². The van der Waals surface area contributed by atoms with Crippen LogP contribution in [0.2, 0.25) is 0 Å². The lowest BCUT2D eigenvalue weighted by molar-refractivity contribution is 0.549. The van der Waals surface area contributed by atoms with Gasteiger partial charge in [0, 0.05) is 53.8 Å². The van der Waals surface area contributed by atoms with Crippen molar-refractivity contribution < 1.29 is 0 Å². The van der Waals surface area contributed by atoms with E-state index in [4.69, 9.17) is 0 Å². The summed E-state index contributed by atoms with van der Waals surface area (Å²) in [5, 5.41) is 4.22. The van der Waals surface area contributed by atoms with E-state index < -0.39 is 0 Å². The molecule has 0 radical (unpaired) electrons. The molecule has 1 saturated heterocycles. The summed E-state index contributed by atoms with van der Waals surface area (Å²) >= 11 is 2.08. The van der Waals surface area contributed by atoms with Crippen molar-refractivity contribution in [3.63, 3.8) is 0 Å². The van der Waals surface area contributed by atoms with Crippen molar-refractivity contribution in [2.24, 2.45) is 5.92 Å². The third-order valence-corrected chi connectivity index (χ3v) is 5.28. The molecule has 0 aromatic carbocycles. The van der Waals surface area contributed by atoms with Crippen LogP contribution in [0.3, 0.4) is 0 Å². The van der Waals surface area contributed by atoms with E-state index in [1.54, 1.807) is 0 Å². The molecule has 2 unspecified atom stereocenters. The van der Waals surface area contributed by atoms with E-state index >= 15 is 0 Å². The molecule has 20 heavy (non-hydrogen) atoms. The fraction of sp³-hybridized carbons (Fsp3) is 0.688. The van der Waals surface area contributed by atoms with Crippen LogP contribution < -0.4 is 10.2 Å². The second-order valence-electron chi connectivity index (χ2n) is 6.04. The summed E-state index contributed by atoms with van der Waals surface area (Å²) in [4.78, 5) is 6.86. The summed E-state index contributed by atoms with van der Waals surface area (Å²) in [5.41, 5.74) is 2.68. The van der Waals surface area contributed by atoms with E-state index in [-0.39, 0.29) is 0 Å². The van der Waals surface area contributed by atoms with Gasteiger partial charge in [-0.05, 0) is 25.5 Å². The van der Waals surface area contributed by atoms with Gasteiger partial charge in [-0.15, -0.1) is 0 Å². The molecule has 1 aromatic heterocycles. The van der Waals surface area contributed by atoms with Gasteiger partial charge in [-0.1, -0.05) is 20.8 Å². The minimum absolute atomic E-state index is 0.583. The first-order chi connectivity index (χ1) is 9.59. The molecule has 0 aliphatic carbocycles. The minimum atomic E-state index is 0.583. The fourth-order valence-electron chi connectivity index (χ4n) is 2.60. The van der Waals surface area contributed by atoms with Gasteiger partial charge in [0.05, 0.1) is 0 Å². The number of pyridine rings is 1. The molecule has 3 nitrogen and oxygen atoms in total. The summed E-state index contributed by atoms with van der Waals surface area (Å²) in [6.45, 7) is 12.2. The molecule has 2 atom stereocenters. The van der Waals surface area contributed by atoms with E-state index in [9.17, 15) is 0 Å². The number of hydrogen-bond donors (Lipinski definition) is 1. The second kappa shape index (κ2) is 7.32. The molecule has 1 fully saturated rings. The maximum absolute atomic E-state index is 4.31. The first-order valence-corrected chi connectivity index (χ1v) is 8.66. The Labute approximate surface area is 127 Å². The molecule has 1 aliphatic rings. The standard InChI is InChI=1S/C16H27N3S/c1-12(2)9-18-11-15-10-17-6-5-16(15)19-7-8-20-14(4)13(19)3/h5-6,10,12-14,18H,7-9,11H2,1-4H3. The Hall–Kier alpha value is -0.740. The number of nitrogens with zero attached hydrogens (tertiary/aromatic N) is 2. The SMILES string of the molecule is CC(C)CNCc1cnccc1N1CCSC(C)C1C. The number of aromatic nitrogens is 1. The number of rotatable bonds is 5.